The van der Waals surface area contributed by atoms with Crippen molar-refractivity contribution in [2.75, 3.05) is 17.3 Å². The van der Waals surface area contributed by atoms with Crippen LogP contribution in [-0.2, 0) is 0 Å². The van der Waals surface area contributed by atoms with Gasteiger partial charge in [-0.15, -0.1) is 0 Å². The van der Waals surface area contributed by atoms with Crippen LogP contribution >= 0.6 is 0 Å². The van der Waals surface area contributed by atoms with Crippen LogP contribution in [-0.4, -0.2) is 26.5 Å². The zero-order valence-electron chi connectivity index (χ0n) is 10.6. The van der Waals surface area contributed by atoms with Gasteiger partial charge in [-0.2, -0.15) is 0 Å². The fourth-order valence-corrected chi connectivity index (χ4v) is 1.42. The fourth-order valence-electron chi connectivity index (χ4n) is 1.42. The average Bonchev–Trinajstić information content (AvgIpc) is 2.48. The Hall–Kier alpha value is -3.30. The summed E-state index contributed by atoms with van der Waals surface area (Å²) in [6.07, 6.45) is 2.29. The molecule has 0 aromatic carbocycles. The first-order valence-corrected chi connectivity index (χ1v) is 5.75. The second-order valence-corrected chi connectivity index (χ2v) is 3.85. The molecule has 108 valence electrons. The van der Waals surface area contributed by atoms with Crippen LogP contribution in [0.25, 0.3) is 0 Å². The number of nitro groups is 2. The molecule has 21 heavy (non-hydrogen) atoms. The summed E-state index contributed by atoms with van der Waals surface area (Å²) in [6.45, 7) is 0.260. The van der Waals surface area contributed by atoms with Gasteiger partial charge in [-0.3, -0.25) is 20.2 Å². The monoisotopic (exact) mass is 290 g/mol. The van der Waals surface area contributed by atoms with Gasteiger partial charge >= 0.3 is 0 Å². The van der Waals surface area contributed by atoms with Crippen molar-refractivity contribution in [2.45, 2.75) is 0 Å². The second kappa shape index (κ2) is 6.23. The predicted molar refractivity (Wildman–Crippen MR) is 73.9 cm³/mol. The lowest BCUT2D eigenvalue weighted by molar-refractivity contribution is -0.385. The molecule has 2 N–H and O–H groups in total. The minimum atomic E-state index is -0.532. The molecule has 2 rings (SSSR count). The number of aromatic nitrogens is 2. The molecule has 2 heterocycles. The lowest BCUT2D eigenvalue weighted by Crippen LogP contribution is -2.13. The van der Waals surface area contributed by atoms with E-state index in [0.717, 1.165) is 12.4 Å². The minimum absolute atomic E-state index is 0.0921. The molecular weight excluding hydrogens is 280 g/mol. The average molecular weight is 290 g/mol. The van der Waals surface area contributed by atoms with E-state index in [4.69, 9.17) is 0 Å². The number of rotatable bonds is 6. The van der Waals surface area contributed by atoms with E-state index < -0.39 is 9.85 Å². The Kier molecular flexibility index (Phi) is 4.19. The SMILES string of the molecule is O=[N+]([O-])c1ccc(NCNc2ccc([N+](=O)[O-])cn2)nc1. The van der Waals surface area contributed by atoms with E-state index in [2.05, 4.69) is 20.6 Å². The highest BCUT2D eigenvalue weighted by Gasteiger charge is 2.06. The van der Waals surface area contributed by atoms with Crippen LogP contribution < -0.4 is 10.6 Å². The van der Waals surface area contributed by atoms with Crippen molar-refractivity contribution < 1.29 is 9.85 Å². The Labute approximate surface area is 118 Å². The fraction of sp³-hybridized carbons (Fsp3) is 0.0909. The van der Waals surface area contributed by atoms with Crippen molar-refractivity contribution >= 4 is 23.0 Å². The van der Waals surface area contributed by atoms with Gasteiger partial charge in [0.25, 0.3) is 11.4 Å². The normalized spacial score (nSPS) is 9.90. The van der Waals surface area contributed by atoms with Gasteiger partial charge in [-0.1, -0.05) is 0 Å². The maximum Gasteiger partial charge on any atom is 0.287 e. The van der Waals surface area contributed by atoms with Crippen molar-refractivity contribution in [1.29, 1.82) is 0 Å². The molecule has 10 nitrogen and oxygen atoms in total. The summed E-state index contributed by atoms with van der Waals surface area (Å²) >= 11 is 0. The Balaban J connectivity index is 1.86. The zero-order chi connectivity index (χ0) is 15.2. The van der Waals surface area contributed by atoms with Crippen LogP contribution in [0.15, 0.2) is 36.7 Å². The summed E-state index contributed by atoms with van der Waals surface area (Å²) < 4.78 is 0. The lowest BCUT2D eigenvalue weighted by Gasteiger charge is -2.07. The molecule has 10 heteroatoms. The molecule has 0 aliphatic carbocycles. The van der Waals surface area contributed by atoms with Gasteiger partial charge in [-0.05, 0) is 12.1 Å². The standard InChI is InChI=1S/C11H10N6O4/c18-16(19)8-1-3-10(12-5-8)14-7-15-11-4-2-9(6-13-11)17(20)21/h1-6H,7H2,(H,12,14)(H,13,15). The summed E-state index contributed by atoms with van der Waals surface area (Å²) in [5.41, 5.74) is -0.184. The highest BCUT2D eigenvalue weighted by Crippen LogP contribution is 2.13. The maximum atomic E-state index is 10.5. The van der Waals surface area contributed by atoms with Crippen molar-refractivity contribution in [3.8, 4) is 0 Å². The molecule has 0 bridgehead atoms. The van der Waals surface area contributed by atoms with E-state index in [-0.39, 0.29) is 18.0 Å². The Morgan fingerprint density at radius 3 is 1.57 bits per heavy atom. The summed E-state index contributed by atoms with van der Waals surface area (Å²) in [4.78, 5) is 27.6. The van der Waals surface area contributed by atoms with E-state index in [1.165, 1.54) is 24.3 Å². The number of nitrogens with zero attached hydrogens (tertiary/aromatic N) is 4. The van der Waals surface area contributed by atoms with E-state index in [9.17, 15) is 20.2 Å². The molecular formula is C11H10N6O4. The highest BCUT2D eigenvalue weighted by molar-refractivity contribution is 5.43. The molecule has 0 spiro atoms. The highest BCUT2D eigenvalue weighted by atomic mass is 16.6. The van der Waals surface area contributed by atoms with Crippen molar-refractivity contribution in [3.63, 3.8) is 0 Å². The third-order valence-corrected chi connectivity index (χ3v) is 2.46. The molecule has 0 saturated carbocycles. The van der Waals surface area contributed by atoms with Gasteiger partial charge in [0.15, 0.2) is 0 Å². The Morgan fingerprint density at radius 1 is 0.857 bits per heavy atom. The predicted octanol–water partition coefficient (Wildman–Crippen LogP) is 1.77. The second-order valence-electron chi connectivity index (χ2n) is 3.85. The zero-order valence-corrected chi connectivity index (χ0v) is 10.6. The summed E-state index contributed by atoms with van der Waals surface area (Å²) in [6, 6.07) is 5.62. The molecule has 0 saturated heterocycles. The van der Waals surface area contributed by atoms with E-state index in [0.29, 0.717) is 11.6 Å². The van der Waals surface area contributed by atoms with E-state index >= 15 is 0 Å². The van der Waals surface area contributed by atoms with Crippen LogP contribution in [0.4, 0.5) is 23.0 Å². The van der Waals surface area contributed by atoms with Gasteiger partial charge in [0.1, 0.15) is 24.0 Å². The molecule has 0 unspecified atom stereocenters. The number of pyridine rings is 2. The smallest absolute Gasteiger partial charge is 0.287 e. The van der Waals surface area contributed by atoms with Crippen molar-refractivity contribution in [1.82, 2.24) is 9.97 Å². The summed E-state index contributed by atoms with van der Waals surface area (Å²) in [7, 11) is 0. The quantitative estimate of drug-likeness (QED) is 0.466. The maximum absolute atomic E-state index is 10.5. The first-order valence-electron chi connectivity index (χ1n) is 5.75. The van der Waals surface area contributed by atoms with Gasteiger partial charge in [0.2, 0.25) is 0 Å². The van der Waals surface area contributed by atoms with Gasteiger partial charge in [0.05, 0.1) is 16.5 Å². The summed E-state index contributed by atoms with van der Waals surface area (Å²) in [5, 5.41) is 26.7. The number of anilines is 2. The number of nitrogens with one attached hydrogen (secondary N) is 2. The minimum Gasteiger partial charge on any atom is -0.353 e. The lowest BCUT2D eigenvalue weighted by atomic mass is 10.4. The van der Waals surface area contributed by atoms with Crippen molar-refractivity contribution in [3.05, 3.63) is 56.9 Å². The molecule has 0 radical (unpaired) electrons. The third kappa shape index (κ3) is 3.83. The first-order chi connectivity index (χ1) is 10.1. The van der Waals surface area contributed by atoms with Crippen LogP contribution in [0.2, 0.25) is 0 Å². The molecule has 2 aromatic heterocycles. The Morgan fingerprint density at radius 2 is 1.29 bits per heavy atom. The van der Waals surface area contributed by atoms with E-state index in [1.807, 2.05) is 0 Å². The largest absolute Gasteiger partial charge is 0.353 e. The van der Waals surface area contributed by atoms with Crippen LogP contribution in [0.5, 0.6) is 0 Å². The molecule has 0 amide bonds. The molecule has 0 aliphatic rings. The topological polar surface area (TPSA) is 136 Å². The van der Waals surface area contributed by atoms with Crippen LogP contribution in [0.3, 0.4) is 0 Å². The van der Waals surface area contributed by atoms with Gasteiger partial charge in [-0.25, -0.2) is 9.97 Å². The summed E-state index contributed by atoms with van der Waals surface area (Å²) in [5.74, 6) is 0.907. The molecule has 0 atom stereocenters. The van der Waals surface area contributed by atoms with Crippen molar-refractivity contribution in [2.24, 2.45) is 0 Å². The molecule has 2 aromatic rings. The molecule has 0 fully saturated rings. The Bertz CT molecular complexity index is 585. The van der Waals surface area contributed by atoms with Gasteiger partial charge in [0, 0.05) is 12.1 Å². The van der Waals surface area contributed by atoms with Gasteiger partial charge < -0.3 is 10.6 Å². The third-order valence-electron chi connectivity index (χ3n) is 2.46. The number of hydrogen-bond acceptors (Lipinski definition) is 8. The first kappa shape index (κ1) is 14.1. The van der Waals surface area contributed by atoms with E-state index in [1.54, 1.807) is 0 Å². The number of hydrogen-bond donors (Lipinski definition) is 2. The van der Waals surface area contributed by atoms with Crippen LogP contribution in [0, 0.1) is 20.2 Å². The van der Waals surface area contributed by atoms with Crippen LogP contribution in [0.1, 0.15) is 0 Å². The molecule has 0 aliphatic heterocycles.